The number of benzene rings is 2. The average molecular weight is 462 g/mol. The normalized spacial score (nSPS) is 11.0. The van der Waals surface area contributed by atoms with Crippen LogP contribution in [0.1, 0.15) is 5.56 Å². The van der Waals surface area contributed by atoms with E-state index in [9.17, 15) is 9.90 Å². The number of carbonyl (C=O) groups is 1. The zero-order valence-electron chi connectivity index (χ0n) is 11.7. The molecule has 0 atom stereocenters. The number of carbonyl (C=O) groups excluding carboxylic acids is 1. The Labute approximate surface area is 155 Å². The largest absolute Gasteiger partial charge is 0.506 e. The maximum Gasteiger partial charge on any atom is 0.262 e. The molecule has 0 aliphatic rings. The van der Waals surface area contributed by atoms with E-state index in [0.29, 0.717) is 19.7 Å². The maximum absolute atomic E-state index is 12.0. The number of hydrogen-bond donors (Lipinski definition) is 2. The SMILES string of the molecule is NN(C(=O)CN=Cc1cc(Br)c(O)c(Br)c1)c1ccc(Cl)cc1. The molecule has 23 heavy (non-hydrogen) atoms. The zero-order chi connectivity index (χ0) is 17.0. The Morgan fingerprint density at radius 2 is 1.83 bits per heavy atom. The summed E-state index contributed by atoms with van der Waals surface area (Å²) in [6.07, 6.45) is 1.53. The molecule has 0 aliphatic carbocycles. The molecule has 2 aromatic carbocycles. The van der Waals surface area contributed by atoms with Gasteiger partial charge in [0, 0.05) is 11.2 Å². The van der Waals surface area contributed by atoms with Crippen LogP contribution in [-0.4, -0.2) is 23.8 Å². The van der Waals surface area contributed by atoms with Gasteiger partial charge in [0.25, 0.3) is 5.91 Å². The maximum atomic E-state index is 12.0. The van der Waals surface area contributed by atoms with Crippen LogP contribution in [0.3, 0.4) is 0 Å². The Bertz CT molecular complexity index is 728. The lowest BCUT2D eigenvalue weighted by molar-refractivity contribution is -0.117. The fourth-order valence-corrected chi connectivity index (χ4v) is 3.06. The molecule has 2 rings (SSSR count). The van der Waals surface area contributed by atoms with E-state index in [-0.39, 0.29) is 18.2 Å². The molecule has 3 N–H and O–H groups in total. The molecule has 5 nitrogen and oxygen atoms in total. The minimum Gasteiger partial charge on any atom is -0.506 e. The smallest absolute Gasteiger partial charge is 0.262 e. The van der Waals surface area contributed by atoms with Crippen molar-refractivity contribution in [1.29, 1.82) is 0 Å². The number of hydrazine groups is 1. The van der Waals surface area contributed by atoms with Crippen LogP contribution in [0.4, 0.5) is 5.69 Å². The molecule has 0 unspecified atom stereocenters. The van der Waals surface area contributed by atoms with Gasteiger partial charge in [-0.3, -0.25) is 9.79 Å². The molecule has 0 saturated carbocycles. The summed E-state index contributed by atoms with van der Waals surface area (Å²) in [6, 6.07) is 9.98. The molecule has 0 radical (unpaired) electrons. The Kier molecular flexibility index (Phi) is 6.17. The number of phenols is 1. The summed E-state index contributed by atoms with van der Waals surface area (Å²) in [7, 11) is 0. The van der Waals surface area contributed by atoms with Crippen molar-refractivity contribution in [3.8, 4) is 5.75 Å². The number of nitrogens with two attached hydrogens (primary N) is 1. The average Bonchev–Trinajstić information content (AvgIpc) is 2.52. The standard InChI is InChI=1S/C15H12Br2ClN3O2/c16-12-5-9(6-13(17)15(12)23)7-20-8-14(22)21(19)11-3-1-10(18)2-4-11/h1-7,23H,8,19H2. The van der Waals surface area contributed by atoms with Gasteiger partial charge >= 0.3 is 0 Å². The van der Waals surface area contributed by atoms with Gasteiger partial charge < -0.3 is 5.11 Å². The predicted molar refractivity (Wildman–Crippen MR) is 99.1 cm³/mol. The van der Waals surface area contributed by atoms with E-state index in [4.69, 9.17) is 17.4 Å². The van der Waals surface area contributed by atoms with Gasteiger partial charge in [0.05, 0.1) is 14.6 Å². The van der Waals surface area contributed by atoms with Gasteiger partial charge in [0.2, 0.25) is 0 Å². The summed E-state index contributed by atoms with van der Waals surface area (Å²) < 4.78 is 1.06. The van der Waals surface area contributed by atoms with Gasteiger partial charge in [-0.25, -0.2) is 10.9 Å². The number of phenolic OH excluding ortho intramolecular Hbond substituents is 1. The molecule has 2 aromatic rings. The van der Waals surface area contributed by atoms with Crippen LogP contribution in [0, 0.1) is 0 Å². The molecule has 8 heteroatoms. The number of aromatic hydroxyl groups is 1. The highest BCUT2D eigenvalue weighted by molar-refractivity contribution is 9.11. The summed E-state index contributed by atoms with van der Waals surface area (Å²) in [4.78, 5) is 16.1. The summed E-state index contributed by atoms with van der Waals surface area (Å²) in [5.41, 5.74) is 1.26. The zero-order valence-corrected chi connectivity index (χ0v) is 15.6. The lowest BCUT2D eigenvalue weighted by Gasteiger charge is -2.15. The molecule has 0 aliphatic heterocycles. The van der Waals surface area contributed by atoms with Crippen LogP contribution in [0.15, 0.2) is 50.3 Å². The highest BCUT2D eigenvalue weighted by atomic mass is 79.9. The van der Waals surface area contributed by atoms with Gasteiger partial charge in [-0.15, -0.1) is 0 Å². The fraction of sp³-hybridized carbons (Fsp3) is 0.0667. The third-order valence-electron chi connectivity index (χ3n) is 2.88. The van der Waals surface area contributed by atoms with Crippen molar-refractivity contribution in [2.75, 3.05) is 11.6 Å². The van der Waals surface area contributed by atoms with E-state index in [1.54, 1.807) is 36.4 Å². The summed E-state index contributed by atoms with van der Waals surface area (Å²) in [6.45, 7) is -0.102. The lowest BCUT2D eigenvalue weighted by Crippen LogP contribution is -2.39. The molecular weight excluding hydrogens is 449 g/mol. The van der Waals surface area contributed by atoms with E-state index in [1.807, 2.05) is 0 Å². The van der Waals surface area contributed by atoms with Gasteiger partial charge in [0.15, 0.2) is 0 Å². The van der Waals surface area contributed by atoms with Gasteiger partial charge in [-0.05, 0) is 73.8 Å². The van der Waals surface area contributed by atoms with Gasteiger partial charge in [-0.1, -0.05) is 11.6 Å². The van der Waals surface area contributed by atoms with E-state index >= 15 is 0 Å². The summed E-state index contributed by atoms with van der Waals surface area (Å²) in [5.74, 6) is 5.50. The van der Waals surface area contributed by atoms with Crippen molar-refractivity contribution in [1.82, 2.24) is 0 Å². The first-order valence-electron chi connectivity index (χ1n) is 6.39. The van der Waals surface area contributed by atoms with Crippen molar-refractivity contribution in [3.63, 3.8) is 0 Å². The molecule has 1 amide bonds. The first kappa shape index (κ1) is 17.9. The van der Waals surface area contributed by atoms with Crippen LogP contribution in [-0.2, 0) is 4.79 Å². The first-order valence-corrected chi connectivity index (χ1v) is 8.36. The second-order valence-corrected chi connectivity index (χ2v) is 6.69. The van der Waals surface area contributed by atoms with Crippen molar-refractivity contribution in [3.05, 3.63) is 55.9 Å². The van der Waals surface area contributed by atoms with Crippen LogP contribution in [0.2, 0.25) is 5.02 Å². The Morgan fingerprint density at radius 3 is 2.39 bits per heavy atom. The minimum atomic E-state index is -0.361. The van der Waals surface area contributed by atoms with Crippen LogP contribution < -0.4 is 10.9 Å². The first-order chi connectivity index (χ1) is 10.9. The minimum absolute atomic E-state index is 0.102. The number of amides is 1. The van der Waals surface area contributed by atoms with E-state index in [2.05, 4.69) is 36.9 Å². The third kappa shape index (κ3) is 4.78. The number of anilines is 1. The van der Waals surface area contributed by atoms with Crippen molar-refractivity contribution in [2.45, 2.75) is 0 Å². The molecule has 0 saturated heterocycles. The predicted octanol–water partition coefficient (Wildman–Crippen LogP) is 3.90. The number of hydrogen-bond acceptors (Lipinski definition) is 4. The quantitative estimate of drug-likeness (QED) is 0.314. The highest BCUT2D eigenvalue weighted by Gasteiger charge is 2.10. The lowest BCUT2D eigenvalue weighted by atomic mass is 10.2. The van der Waals surface area contributed by atoms with Crippen molar-refractivity contribution in [2.24, 2.45) is 10.8 Å². The number of aliphatic imine (C=N–C) groups is 1. The second-order valence-electron chi connectivity index (χ2n) is 4.54. The fourth-order valence-electron chi connectivity index (χ4n) is 1.71. The molecule has 0 spiro atoms. The highest BCUT2D eigenvalue weighted by Crippen LogP contribution is 2.32. The van der Waals surface area contributed by atoms with Crippen LogP contribution in [0.25, 0.3) is 0 Å². The number of rotatable bonds is 4. The van der Waals surface area contributed by atoms with Crippen LogP contribution in [0.5, 0.6) is 5.75 Å². The molecule has 0 aromatic heterocycles. The van der Waals surface area contributed by atoms with Crippen LogP contribution >= 0.6 is 43.5 Å². The Balaban J connectivity index is 2.02. The molecule has 0 fully saturated rings. The van der Waals surface area contributed by atoms with E-state index in [0.717, 1.165) is 10.6 Å². The summed E-state index contributed by atoms with van der Waals surface area (Å²) in [5, 5.41) is 11.2. The van der Waals surface area contributed by atoms with E-state index in [1.165, 1.54) is 6.21 Å². The Morgan fingerprint density at radius 1 is 1.26 bits per heavy atom. The topological polar surface area (TPSA) is 78.9 Å². The number of halogens is 3. The Hall–Kier alpha value is -1.41. The third-order valence-corrected chi connectivity index (χ3v) is 4.34. The molecular formula is C15H12Br2ClN3O2. The number of nitrogens with zero attached hydrogens (tertiary/aromatic N) is 2. The van der Waals surface area contributed by atoms with Gasteiger partial charge in [-0.2, -0.15) is 0 Å². The van der Waals surface area contributed by atoms with Gasteiger partial charge in [0.1, 0.15) is 12.3 Å². The molecule has 120 valence electrons. The van der Waals surface area contributed by atoms with Crippen molar-refractivity contribution >= 4 is 61.3 Å². The van der Waals surface area contributed by atoms with E-state index < -0.39 is 0 Å². The second kappa shape index (κ2) is 7.92. The molecule has 0 bridgehead atoms. The van der Waals surface area contributed by atoms with Crippen molar-refractivity contribution < 1.29 is 9.90 Å². The molecule has 0 heterocycles. The summed E-state index contributed by atoms with van der Waals surface area (Å²) >= 11 is 12.3. The monoisotopic (exact) mass is 459 g/mol.